The summed E-state index contributed by atoms with van der Waals surface area (Å²) < 4.78 is 9.56. The highest BCUT2D eigenvalue weighted by molar-refractivity contribution is 6.02. The first-order valence-electron chi connectivity index (χ1n) is 9.88. The van der Waals surface area contributed by atoms with Crippen LogP contribution in [0, 0.1) is 27.7 Å². The molecule has 0 aliphatic heterocycles. The van der Waals surface area contributed by atoms with Crippen molar-refractivity contribution in [1.29, 1.82) is 0 Å². The van der Waals surface area contributed by atoms with E-state index in [2.05, 4.69) is 15.5 Å². The van der Waals surface area contributed by atoms with Crippen LogP contribution in [0.1, 0.15) is 44.7 Å². The highest BCUT2D eigenvalue weighted by Gasteiger charge is 2.13. The smallest absolute Gasteiger partial charge is 0.291 e. The van der Waals surface area contributed by atoms with Crippen LogP contribution in [0.15, 0.2) is 52.9 Å². The van der Waals surface area contributed by atoms with Crippen LogP contribution in [-0.2, 0) is 13.1 Å². The summed E-state index contributed by atoms with van der Waals surface area (Å²) in [7, 11) is 0. The number of carbonyl (C=O) groups is 1. The second-order valence-electron chi connectivity index (χ2n) is 7.59. The Bertz CT molecular complexity index is 1200. The zero-order chi connectivity index (χ0) is 21.3. The number of carbonyl (C=O) groups excluding carboxylic acids is 1. The minimum Gasteiger partial charge on any atom is -0.454 e. The van der Waals surface area contributed by atoms with Gasteiger partial charge < -0.3 is 9.73 Å². The minimum atomic E-state index is -0.280. The molecule has 0 aliphatic carbocycles. The first kappa shape index (κ1) is 19.7. The largest absolute Gasteiger partial charge is 0.454 e. The van der Waals surface area contributed by atoms with Crippen LogP contribution in [0.2, 0.25) is 0 Å². The standard InChI is InChI=1S/C23H25N5O2/c1-15-10-17(3)27(25-15)13-19-6-5-7-20(12-19)24-23(29)22-9-8-21(30-22)14-28-18(4)11-16(2)26-28/h5-12H,13-14H2,1-4H3,(H,24,29). The molecule has 0 aliphatic rings. The molecule has 154 valence electrons. The zero-order valence-corrected chi connectivity index (χ0v) is 17.6. The van der Waals surface area contributed by atoms with Crippen molar-refractivity contribution in [2.24, 2.45) is 0 Å². The minimum absolute atomic E-state index is 0.274. The van der Waals surface area contributed by atoms with E-state index < -0.39 is 0 Å². The van der Waals surface area contributed by atoms with Crippen molar-refractivity contribution in [2.75, 3.05) is 5.32 Å². The molecule has 1 amide bonds. The van der Waals surface area contributed by atoms with E-state index in [9.17, 15) is 4.79 Å². The molecule has 3 heterocycles. The summed E-state index contributed by atoms with van der Waals surface area (Å²) in [5.74, 6) is 0.679. The topological polar surface area (TPSA) is 77.9 Å². The number of anilines is 1. The third-order valence-corrected chi connectivity index (χ3v) is 4.91. The van der Waals surface area contributed by atoms with Crippen molar-refractivity contribution >= 4 is 11.6 Å². The summed E-state index contributed by atoms with van der Waals surface area (Å²) in [6, 6.07) is 15.3. The Morgan fingerprint density at radius 2 is 1.57 bits per heavy atom. The molecular weight excluding hydrogens is 378 g/mol. The number of hydrogen-bond donors (Lipinski definition) is 1. The molecule has 7 heteroatoms. The van der Waals surface area contributed by atoms with E-state index in [-0.39, 0.29) is 11.7 Å². The van der Waals surface area contributed by atoms with Crippen molar-refractivity contribution in [1.82, 2.24) is 19.6 Å². The highest BCUT2D eigenvalue weighted by atomic mass is 16.4. The molecule has 0 saturated carbocycles. The number of benzene rings is 1. The van der Waals surface area contributed by atoms with Crippen LogP contribution in [-0.4, -0.2) is 25.5 Å². The summed E-state index contributed by atoms with van der Waals surface area (Å²) in [6.45, 7) is 9.10. The Labute approximate surface area is 175 Å². The molecule has 0 fully saturated rings. The lowest BCUT2D eigenvalue weighted by atomic mass is 10.2. The normalized spacial score (nSPS) is 11.1. The molecule has 0 atom stereocenters. The summed E-state index contributed by atoms with van der Waals surface area (Å²) in [4.78, 5) is 12.6. The van der Waals surface area contributed by atoms with Crippen LogP contribution in [0.5, 0.6) is 0 Å². The van der Waals surface area contributed by atoms with E-state index in [0.29, 0.717) is 18.8 Å². The van der Waals surface area contributed by atoms with E-state index in [1.54, 1.807) is 6.07 Å². The van der Waals surface area contributed by atoms with E-state index in [1.807, 2.05) is 79.5 Å². The fourth-order valence-electron chi connectivity index (χ4n) is 3.52. The van der Waals surface area contributed by atoms with Gasteiger partial charge in [0.1, 0.15) is 5.76 Å². The summed E-state index contributed by atoms with van der Waals surface area (Å²) >= 11 is 0. The SMILES string of the molecule is Cc1cc(C)n(Cc2cccc(NC(=O)c3ccc(Cn4nc(C)cc4C)o3)c2)n1. The summed E-state index contributed by atoms with van der Waals surface area (Å²) in [5, 5.41) is 11.8. The van der Waals surface area contributed by atoms with E-state index in [1.165, 1.54) is 0 Å². The average molecular weight is 403 g/mol. The van der Waals surface area contributed by atoms with Gasteiger partial charge in [-0.15, -0.1) is 0 Å². The van der Waals surface area contributed by atoms with Gasteiger partial charge in [-0.05, 0) is 69.7 Å². The van der Waals surface area contributed by atoms with Gasteiger partial charge in [-0.2, -0.15) is 10.2 Å². The molecular formula is C23H25N5O2. The van der Waals surface area contributed by atoms with Crippen molar-refractivity contribution in [3.63, 3.8) is 0 Å². The molecule has 30 heavy (non-hydrogen) atoms. The van der Waals surface area contributed by atoms with Gasteiger partial charge in [0.25, 0.3) is 5.91 Å². The first-order valence-corrected chi connectivity index (χ1v) is 9.88. The van der Waals surface area contributed by atoms with Crippen molar-refractivity contribution in [3.05, 3.63) is 88.4 Å². The Kier molecular flexibility index (Phi) is 5.27. The molecule has 0 unspecified atom stereocenters. The monoisotopic (exact) mass is 403 g/mol. The highest BCUT2D eigenvalue weighted by Crippen LogP contribution is 2.17. The van der Waals surface area contributed by atoms with Crippen molar-refractivity contribution in [2.45, 2.75) is 40.8 Å². The van der Waals surface area contributed by atoms with Gasteiger partial charge in [0.2, 0.25) is 0 Å². The fraction of sp³-hybridized carbons (Fsp3) is 0.261. The molecule has 7 nitrogen and oxygen atoms in total. The van der Waals surface area contributed by atoms with E-state index in [0.717, 1.165) is 34.0 Å². The zero-order valence-electron chi connectivity index (χ0n) is 17.6. The van der Waals surface area contributed by atoms with Crippen LogP contribution in [0.25, 0.3) is 0 Å². The number of rotatable bonds is 6. The predicted molar refractivity (Wildman–Crippen MR) is 115 cm³/mol. The molecule has 4 rings (SSSR count). The van der Waals surface area contributed by atoms with Crippen molar-refractivity contribution in [3.8, 4) is 0 Å². The second-order valence-corrected chi connectivity index (χ2v) is 7.59. The number of furan rings is 1. The predicted octanol–water partition coefficient (Wildman–Crippen LogP) is 4.26. The van der Waals surface area contributed by atoms with Gasteiger partial charge in [-0.1, -0.05) is 12.1 Å². The lowest BCUT2D eigenvalue weighted by Gasteiger charge is -2.08. The van der Waals surface area contributed by atoms with Gasteiger partial charge in [-0.3, -0.25) is 14.2 Å². The Hall–Kier alpha value is -3.61. The number of aromatic nitrogens is 4. The molecule has 0 saturated heterocycles. The Morgan fingerprint density at radius 1 is 0.900 bits per heavy atom. The number of aryl methyl sites for hydroxylation is 4. The van der Waals surface area contributed by atoms with Gasteiger partial charge >= 0.3 is 0 Å². The third kappa shape index (κ3) is 4.35. The van der Waals surface area contributed by atoms with Crippen LogP contribution >= 0.6 is 0 Å². The van der Waals surface area contributed by atoms with E-state index in [4.69, 9.17) is 4.42 Å². The second kappa shape index (κ2) is 8.02. The lowest BCUT2D eigenvalue weighted by molar-refractivity contribution is 0.0994. The summed E-state index contributed by atoms with van der Waals surface area (Å²) in [5.41, 5.74) is 5.88. The average Bonchev–Trinajstić information content (AvgIpc) is 3.36. The maximum absolute atomic E-state index is 12.6. The molecule has 0 spiro atoms. The molecule has 0 radical (unpaired) electrons. The quantitative estimate of drug-likeness (QED) is 0.522. The Balaban J connectivity index is 1.43. The molecule has 3 aromatic heterocycles. The maximum atomic E-state index is 12.6. The van der Waals surface area contributed by atoms with Gasteiger partial charge in [0, 0.05) is 17.1 Å². The number of nitrogens with one attached hydrogen (secondary N) is 1. The van der Waals surface area contributed by atoms with Crippen LogP contribution in [0.3, 0.4) is 0 Å². The molecule has 1 N–H and O–H groups in total. The van der Waals surface area contributed by atoms with Gasteiger partial charge in [0.15, 0.2) is 5.76 Å². The molecule has 4 aromatic rings. The third-order valence-electron chi connectivity index (χ3n) is 4.91. The molecule has 1 aromatic carbocycles. The maximum Gasteiger partial charge on any atom is 0.291 e. The van der Waals surface area contributed by atoms with Gasteiger partial charge in [0.05, 0.1) is 24.5 Å². The number of amides is 1. The fourth-order valence-corrected chi connectivity index (χ4v) is 3.52. The van der Waals surface area contributed by atoms with E-state index >= 15 is 0 Å². The van der Waals surface area contributed by atoms with Gasteiger partial charge in [-0.25, -0.2) is 0 Å². The van der Waals surface area contributed by atoms with Crippen molar-refractivity contribution < 1.29 is 9.21 Å². The Morgan fingerprint density at radius 3 is 2.20 bits per heavy atom. The van der Waals surface area contributed by atoms with Crippen LogP contribution < -0.4 is 5.32 Å². The summed E-state index contributed by atoms with van der Waals surface area (Å²) in [6.07, 6.45) is 0. The number of nitrogens with zero attached hydrogens (tertiary/aromatic N) is 4. The number of hydrogen-bond acceptors (Lipinski definition) is 4. The lowest BCUT2D eigenvalue weighted by Crippen LogP contribution is -2.11. The first-order chi connectivity index (χ1) is 14.4. The molecule has 0 bridgehead atoms. The van der Waals surface area contributed by atoms with Crippen LogP contribution in [0.4, 0.5) is 5.69 Å².